The van der Waals surface area contributed by atoms with E-state index in [1.165, 1.54) is 19.1 Å². The van der Waals surface area contributed by atoms with Crippen molar-refractivity contribution < 1.29 is 5.11 Å². The quantitative estimate of drug-likeness (QED) is 0.547. The summed E-state index contributed by atoms with van der Waals surface area (Å²) in [6.07, 6.45) is 6.67. The first kappa shape index (κ1) is 10.6. The molecule has 2 heteroatoms. The van der Waals surface area contributed by atoms with Crippen molar-refractivity contribution in [2.24, 2.45) is 5.92 Å². The molecular weight excluding hydrogens is 138 g/mol. The number of rotatable bonds is 7. The lowest BCUT2D eigenvalue weighted by Crippen LogP contribution is -2.02. The van der Waals surface area contributed by atoms with Crippen LogP contribution in [0.15, 0.2) is 0 Å². The molecule has 0 radical (unpaired) electrons. The lowest BCUT2D eigenvalue weighted by molar-refractivity contribution is 0.247. The first-order valence-electron chi connectivity index (χ1n) is 4.45. The fourth-order valence-electron chi connectivity index (χ4n) is 1.34. The summed E-state index contributed by atoms with van der Waals surface area (Å²) in [6, 6.07) is 0. The maximum absolute atomic E-state index is 8.71. The Labute approximate surface area is 69.1 Å². The van der Waals surface area contributed by atoms with Crippen LogP contribution in [-0.2, 0) is 0 Å². The van der Waals surface area contributed by atoms with Gasteiger partial charge >= 0.3 is 0 Å². The van der Waals surface area contributed by atoms with Crippen LogP contribution >= 0.6 is 0 Å². The Bertz CT molecular complexity index is 87.6. The summed E-state index contributed by atoms with van der Waals surface area (Å²) in [6.45, 7) is 2.46. The van der Waals surface area contributed by atoms with Gasteiger partial charge in [0, 0.05) is 6.61 Å². The Balaban J connectivity index is 3.41. The molecule has 0 rings (SSSR count). The van der Waals surface area contributed by atoms with E-state index in [1.807, 2.05) is 0 Å². The number of hydrogen-bond acceptors (Lipinski definition) is 2. The van der Waals surface area contributed by atoms with Crippen molar-refractivity contribution in [3.8, 4) is 0 Å². The second-order valence-corrected chi connectivity index (χ2v) is 2.95. The van der Waals surface area contributed by atoms with Crippen LogP contribution in [0.25, 0.3) is 0 Å². The Morgan fingerprint density at radius 3 is 2.55 bits per heavy atom. The molecule has 0 aromatic heterocycles. The van der Waals surface area contributed by atoms with Gasteiger partial charge < -0.3 is 10.5 Å². The molecule has 0 aliphatic rings. The van der Waals surface area contributed by atoms with E-state index in [4.69, 9.17) is 10.5 Å². The van der Waals surface area contributed by atoms with Crippen molar-refractivity contribution in [1.29, 1.82) is 5.41 Å². The predicted octanol–water partition coefficient (Wildman–Crippen LogP) is 2.21. The second kappa shape index (κ2) is 7.73. The van der Waals surface area contributed by atoms with Crippen molar-refractivity contribution in [1.82, 2.24) is 0 Å². The fourth-order valence-corrected chi connectivity index (χ4v) is 1.34. The summed E-state index contributed by atoms with van der Waals surface area (Å²) in [5.41, 5.74) is 0. The van der Waals surface area contributed by atoms with Crippen molar-refractivity contribution >= 4 is 6.21 Å². The van der Waals surface area contributed by atoms with Crippen LogP contribution in [0.5, 0.6) is 0 Å². The fraction of sp³-hybridized carbons (Fsp3) is 0.889. The zero-order valence-corrected chi connectivity index (χ0v) is 7.34. The van der Waals surface area contributed by atoms with E-state index in [-0.39, 0.29) is 0 Å². The van der Waals surface area contributed by atoms with E-state index in [1.54, 1.807) is 0 Å². The molecule has 2 nitrogen and oxygen atoms in total. The lowest BCUT2D eigenvalue weighted by Gasteiger charge is -2.12. The van der Waals surface area contributed by atoms with Gasteiger partial charge in [-0.25, -0.2) is 0 Å². The van der Waals surface area contributed by atoms with Gasteiger partial charge in [0.05, 0.1) is 0 Å². The molecule has 0 fully saturated rings. The molecule has 0 saturated carbocycles. The second-order valence-electron chi connectivity index (χ2n) is 2.95. The molecule has 0 heterocycles. The maximum Gasteiger partial charge on any atom is 0.0433 e. The molecule has 0 aliphatic carbocycles. The van der Waals surface area contributed by atoms with Crippen LogP contribution in [0.4, 0.5) is 0 Å². The highest BCUT2D eigenvalue weighted by Crippen LogP contribution is 2.16. The minimum atomic E-state index is 0.294. The smallest absolute Gasteiger partial charge is 0.0433 e. The summed E-state index contributed by atoms with van der Waals surface area (Å²) in [4.78, 5) is 0. The standard InChI is InChI=1S/C9H19NO/c1-2-4-9(6-8-11)5-3-7-10/h7,9-11H,2-6,8H2,1H3. The maximum atomic E-state index is 8.71. The Hall–Kier alpha value is -0.370. The summed E-state index contributed by atoms with van der Waals surface area (Å²) in [5.74, 6) is 0.631. The minimum Gasteiger partial charge on any atom is -0.396 e. The molecule has 66 valence electrons. The number of aliphatic hydroxyl groups is 1. The topological polar surface area (TPSA) is 44.1 Å². The Morgan fingerprint density at radius 2 is 2.09 bits per heavy atom. The first-order valence-corrected chi connectivity index (χ1v) is 4.45. The van der Waals surface area contributed by atoms with E-state index in [2.05, 4.69) is 6.92 Å². The highest BCUT2D eigenvalue weighted by atomic mass is 16.3. The molecular formula is C9H19NO. The minimum absolute atomic E-state index is 0.294. The zero-order chi connectivity index (χ0) is 8.53. The van der Waals surface area contributed by atoms with Crippen LogP contribution < -0.4 is 0 Å². The average molecular weight is 157 g/mol. The van der Waals surface area contributed by atoms with E-state index in [9.17, 15) is 0 Å². The summed E-state index contributed by atoms with van der Waals surface area (Å²) in [5, 5.41) is 15.6. The van der Waals surface area contributed by atoms with Crippen molar-refractivity contribution in [3.05, 3.63) is 0 Å². The monoisotopic (exact) mass is 157 g/mol. The molecule has 0 aliphatic heterocycles. The third-order valence-electron chi connectivity index (χ3n) is 1.95. The summed E-state index contributed by atoms with van der Waals surface area (Å²) in [7, 11) is 0. The van der Waals surface area contributed by atoms with Crippen molar-refractivity contribution in [2.75, 3.05) is 6.61 Å². The van der Waals surface area contributed by atoms with Crippen LogP contribution in [0.3, 0.4) is 0 Å². The van der Waals surface area contributed by atoms with Gasteiger partial charge in [-0.3, -0.25) is 0 Å². The van der Waals surface area contributed by atoms with Gasteiger partial charge in [-0.15, -0.1) is 0 Å². The third kappa shape index (κ3) is 6.05. The number of hydrogen-bond donors (Lipinski definition) is 2. The molecule has 0 amide bonds. The van der Waals surface area contributed by atoms with Gasteiger partial charge in [0.2, 0.25) is 0 Å². The van der Waals surface area contributed by atoms with E-state index in [0.29, 0.717) is 12.5 Å². The van der Waals surface area contributed by atoms with Crippen LogP contribution in [0.2, 0.25) is 0 Å². The van der Waals surface area contributed by atoms with Gasteiger partial charge in [0.25, 0.3) is 0 Å². The van der Waals surface area contributed by atoms with Gasteiger partial charge in [-0.1, -0.05) is 19.8 Å². The molecule has 0 bridgehead atoms. The lowest BCUT2D eigenvalue weighted by atomic mass is 9.95. The molecule has 2 N–H and O–H groups in total. The van der Waals surface area contributed by atoms with E-state index in [0.717, 1.165) is 19.3 Å². The van der Waals surface area contributed by atoms with Gasteiger partial charge in [-0.2, -0.15) is 0 Å². The third-order valence-corrected chi connectivity index (χ3v) is 1.95. The van der Waals surface area contributed by atoms with Gasteiger partial charge in [0.15, 0.2) is 0 Å². The van der Waals surface area contributed by atoms with Gasteiger partial charge in [-0.05, 0) is 31.4 Å². The molecule has 0 aromatic rings. The number of nitrogens with one attached hydrogen (secondary N) is 1. The van der Waals surface area contributed by atoms with Crippen molar-refractivity contribution in [3.63, 3.8) is 0 Å². The van der Waals surface area contributed by atoms with E-state index >= 15 is 0 Å². The summed E-state index contributed by atoms with van der Waals surface area (Å²) < 4.78 is 0. The Morgan fingerprint density at radius 1 is 1.36 bits per heavy atom. The van der Waals surface area contributed by atoms with Crippen LogP contribution in [0, 0.1) is 11.3 Å². The summed E-state index contributed by atoms with van der Waals surface area (Å²) >= 11 is 0. The first-order chi connectivity index (χ1) is 5.35. The van der Waals surface area contributed by atoms with Crippen LogP contribution in [0.1, 0.15) is 39.0 Å². The predicted molar refractivity (Wildman–Crippen MR) is 48.1 cm³/mol. The zero-order valence-electron chi connectivity index (χ0n) is 7.34. The van der Waals surface area contributed by atoms with Crippen LogP contribution in [-0.4, -0.2) is 17.9 Å². The molecule has 0 spiro atoms. The average Bonchev–Trinajstić information content (AvgIpc) is 2.01. The Kier molecular flexibility index (Phi) is 7.47. The van der Waals surface area contributed by atoms with Gasteiger partial charge in [0.1, 0.15) is 0 Å². The molecule has 1 atom stereocenters. The normalized spacial score (nSPS) is 12.9. The molecule has 0 aromatic carbocycles. The largest absolute Gasteiger partial charge is 0.396 e. The SMILES string of the molecule is CCCC(CCO)CCC=N. The highest BCUT2D eigenvalue weighted by molar-refractivity contribution is 5.52. The molecule has 11 heavy (non-hydrogen) atoms. The van der Waals surface area contributed by atoms with Crippen molar-refractivity contribution in [2.45, 2.75) is 39.0 Å². The molecule has 1 unspecified atom stereocenters. The molecule has 0 saturated heterocycles. The number of aliphatic hydroxyl groups excluding tert-OH is 1. The van der Waals surface area contributed by atoms with E-state index < -0.39 is 0 Å². The highest BCUT2D eigenvalue weighted by Gasteiger charge is 2.04.